The van der Waals surface area contributed by atoms with E-state index in [0.717, 1.165) is 18.4 Å². The van der Waals surface area contributed by atoms with Crippen molar-refractivity contribution in [3.63, 3.8) is 0 Å². The van der Waals surface area contributed by atoms with Crippen LogP contribution in [0.4, 0.5) is 4.39 Å². The van der Waals surface area contributed by atoms with Crippen LogP contribution in [0.5, 0.6) is 0 Å². The Morgan fingerprint density at radius 1 is 1.56 bits per heavy atom. The molecule has 1 aliphatic carbocycles. The van der Waals surface area contributed by atoms with Crippen molar-refractivity contribution in [2.45, 2.75) is 32.2 Å². The molecule has 0 heterocycles. The van der Waals surface area contributed by atoms with Gasteiger partial charge in [-0.05, 0) is 31.9 Å². The Labute approximate surface area is 106 Å². The van der Waals surface area contributed by atoms with E-state index >= 15 is 0 Å². The maximum atomic E-state index is 13.7. The van der Waals surface area contributed by atoms with Gasteiger partial charge in [-0.1, -0.05) is 11.6 Å². The fraction of sp³-hybridized carbons (Fsp3) is 0.429. The fourth-order valence-corrected chi connectivity index (χ4v) is 1.96. The van der Waals surface area contributed by atoms with Gasteiger partial charge in [0.15, 0.2) is 0 Å². The number of nitriles is 1. The maximum Gasteiger partial charge on any atom is 0.257 e. The number of aryl methyl sites for hydroxylation is 1. The second kappa shape index (κ2) is 5.18. The largest absolute Gasteiger partial charge is 0.335 e. The van der Waals surface area contributed by atoms with Crippen molar-refractivity contribution < 1.29 is 9.18 Å². The van der Waals surface area contributed by atoms with Crippen molar-refractivity contribution in [3.05, 3.63) is 35.1 Å². The van der Waals surface area contributed by atoms with Gasteiger partial charge >= 0.3 is 0 Å². The lowest BCUT2D eigenvalue weighted by molar-refractivity contribution is 0.0742. The highest BCUT2D eigenvalue weighted by Crippen LogP contribution is 2.29. The van der Waals surface area contributed by atoms with Gasteiger partial charge in [0.05, 0.1) is 18.1 Å². The third-order valence-electron chi connectivity index (χ3n) is 3.07. The molecule has 4 heteroatoms. The van der Waals surface area contributed by atoms with E-state index in [4.69, 9.17) is 5.26 Å². The van der Waals surface area contributed by atoms with E-state index in [-0.39, 0.29) is 23.9 Å². The minimum Gasteiger partial charge on any atom is -0.335 e. The number of benzene rings is 1. The van der Waals surface area contributed by atoms with Crippen molar-refractivity contribution in [2.75, 3.05) is 6.54 Å². The molecule has 0 aromatic heterocycles. The molecule has 0 saturated heterocycles. The summed E-state index contributed by atoms with van der Waals surface area (Å²) < 4.78 is 13.7. The first-order valence-corrected chi connectivity index (χ1v) is 6.07. The number of hydrogen-bond acceptors (Lipinski definition) is 2. The second-order valence-electron chi connectivity index (χ2n) is 4.62. The second-order valence-corrected chi connectivity index (χ2v) is 4.62. The molecule has 1 aromatic rings. The molecule has 94 valence electrons. The van der Waals surface area contributed by atoms with Crippen LogP contribution in [0.2, 0.25) is 0 Å². The molecular weight excluding hydrogens is 231 g/mol. The Bertz CT molecular complexity index is 503. The average molecular weight is 246 g/mol. The summed E-state index contributed by atoms with van der Waals surface area (Å²) in [6.07, 6.45) is 2.19. The van der Waals surface area contributed by atoms with E-state index in [1.165, 1.54) is 6.07 Å². The lowest BCUT2D eigenvalue weighted by Gasteiger charge is -2.21. The first kappa shape index (κ1) is 12.6. The monoisotopic (exact) mass is 246 g/mol. The number of hydrogen-bond donors (Lipinski definition) is 0. The highest BCUT2D eigenvalue weighted by molar-refractivity contribution is 5.95. The van der Waals surface area contributed by atoms with Crippen LogP contribution in [0.3, 0.4) is 0 Å². The Hall–Kier alpha value is -1.89. The fourth-order valence-electron chi connectivity index (χ4n) is 1.96. The SMILES string of the molecule is Cc1ccc(F)c(C(=O)N(CCC#N)C2CC2)c1. The van der Waals surface area contributed by atoms with Crippen molar-refractivity contribution in [3.8, 4) is 6.07 Å². The van der Waals surface area contributed by atoms with E-state index < -0.39 is 5.82 Å². The molecule has 0 N–H and O–H groups in total. The van der Waals surface area contributed by atoms with Gasteiger partial charge in [0, 0.05) is 12.6 Å². The van der Waals surface area contributed by atoms with Crippen LogP contribution < -0.4 is 0 Å². The molecule has 0 spiro atoms. The van der Waals surface area contributed by atoms with Crippen molar-refractivity contribution in [2.24, 2.45) is 0 Å². The first-order valence-electron chi connectivity index (χ1n) is 6.07. The number of carbonyl (C=O) groups is 1. The summed E-state index contributed by atoms with van der Waals surface area (Å²) in [5.41, 5.74) is 0.968. The molecule has 1 aromatic carbocycles. The number of amides is 1. The summed E-state index contributed by atoms with van der Waals surface area (Å²) in [6, 6.07) is 6.74. The summed E-state index contributed by atoms with van der Waals surface area (Å²) in [5.74, 6) is -0.790. The molecule has 0 bridgehead atoms. The van der Waals surface area contributed by atoms with Gasteiger partial charge in [0.2, 0.25) is 0 Å². The number of carbonyl (C=O) groups excluding carboxylic acids is 1. The van der Waals surface area contributed by atoms with Crippen LogP contribution in [-0.2, 0) is 0 Å². The topological polar surface area (TPSA) is 44.1 Å². The van der Waals surface area contributed by atoms with Crippen LogP contribution in [-0.4, -0.2) is 23.4 Å². The van der Waals surface area contributed by atoms with Crippen LogP contribution in [0.15, 0.2) is 18.2 Å². The van der Waals surface area contributed by atoms with Gasteiger partial charge in [-0.3, -0.25) is 4.79 Å². The van der Waals surface area contributed by atoms with Crippen molar-refractivity contribution >= 4 is 5.91 Å². The summed E-state index contributed by atoms with van der Waals surface area (Å²) in [7, 11) is 0. The van der Waals surface area contributed by atoms with Gasteiger partial charge in [-0.25, -0.2) is 4.39 Å². The van der Waals surface area contributed by atoms with Gasteiger partial charge < -0.3 is 4.90 Å². The third kappa shape index (κ3) is 2.67. The Morgan fingerprint density at radius 3 is 2.89 bits per heavy atom. The zero-order valence-corrected chi connectivity index (χ0v) is 10.3. The molecule has 0 radical (unpaired) electrons. The third-order valence-corrected chi connectivity index (χ3v) is 3.07. The van der Waals surface area contributed by atoms with E-state index in [9.17, 15) is 9.18 Å². The Kier molecular flexibility index (Phi) is 3.61. The van der Waals surface area contributed by atoms with Gasteiger partial charge in [-0.15, -0.1) is 0 Å². The Balaban J connectivity index is 2.22. The predicted molar refractivity (Wildman–Crippen MR) is 65.4 cm³/mol. The zero-order valence-electron chi connectivity index (χ0n) is 10.3. The predicted octanol–water partition coefficient (Wildman–Crippen LogP) is 2.65. The number of rotatable bonds is 4. The normalized spacial score (nSPS) is 14.1. The summed E-state index contributed by atoms with van der Waals surface area (Å²) in [6.45, 7) is 2.21. The molecular formula is C14H15FN2O. The first-order chi connectivity index (χ1) is 8.63. The standard InChI is InChI=1S/C14H15FN2O/c1-10-3-6-13(15)12(9-10)14(18)17(8-2-7-16)11-4-5-11/h3,6,9,11H,2,4-5,8H2,1H3. The highest BCUT2D eigenvalue weighted by atomic mass is 19.1. The van der Waals surface area contributed by atoms with E-state index in [1.807, 2.05) is 13.0 Å². The molecule has 1 aliphatic rings. The molecule has 1 fully saturated rings. The van der Waals surface area contributed by atoms with E-state index in [2.05, 4.69) is 0 Å². The van der Waals surface area contributed by atoms with Gasteiger partial charge in [0.1, 0.15) is 5.82 Å². The lowest BCUT2D eigenvalue weighted by Crippen LogP contribution is -2.34. The highest BCUT2D eigenvalue weighted by Gasteiger charge is 2.33. The quantitative estimate of drug-likeness (QED) is 0.819. The number of nitrogens with zero attached hydrogens (tertiary/aromatic N) is 2. The number of halogens is 1. The molecule has 2 rings (SSSR count). The van der Waals surface area contributed by atoms with Crippen LogP contribution in [0.25, 0.3) is 0 Å². The smallest absolute Gasteiger partial charge is 0.257 e. The molecule has 18 heavy (non-hydrogen) atoms. The van der Waals surface area contributed by atoms with Crippen LogP contribution >= 0.6 is 0 Å². The van der Waals surface area contributed by atoms with Crippen LogP contribution in [0.1, 0.15) is 35.2 Å². The molecule has 3 nitrogen and oxygen atoms in total. The van der Waals surface area contributed by atoms with Gasteiger partial charge in [-0.2, -0.15) is 5.26 Å². The minimum absolute atomic E-state index is 0.111. The average Bonchev–Trinajstić information content (AvgIpc) is 3.17. The summed E-state index contributed by atoms with van der Waals surface area (Å²) >= 11 is 0. The summed E-state index contributed by atoms with van der Waals surface area (Å²) in [4.78, 5) is 13.9. The molecule has 1 saturated carbocycles. The molecule has 0 aliphatic heterocycles. The zero-order chi connectivity index (χ0) is 13.1. The van der Waals surface area contributed by atoms with E-state index in [0.29, 0.717) is 6.54 Å². The van der Waals surface area contributed by atoms with Crippen LogP contribution in [0, 0.1) is 24.1 Å². The Morgan fingerprint density at radius 2 is 2.28 bits per heavy atom. The molecule has 1 amide bonds. The minimum atomic E-state index is -0.492. The maximum absolute atomic E-state index is 13.7. The van der Waals surface area contributed by atoms with Gasteiger partial charge in [0.25, 0.3) is 5.91 Å². The van der Waals surface area contributed by atoms with Crippen molar-refractivity contribution in [1.82, 2.24) is 4.90 Å². The molecule has 0 atom stereocenters. The summed E-state index contributed by atoms with van der Waals surface area (Å²) in [5, 5.41) is 8.61. The lowest BCUT2D eigenvalue weighted by atomic mass is 10.1. The van der Waals surface area contributed by atoms with E-state index in [1.54, 1.807) is 17.0 Å². The van der Waals surface area contributed by atoms with Crippen molar-refractivity contribution in [1.29, 1.82) is 5.26 Å². The molecule has 0 unspecified atom stereocenters.